The van der Waals surface area contributed by atoms with E-state index in [-0.39, 0.29) is 44.9 Å². The summed E-state index contributed by atoms with van der Waals surface area (Å²) >= 11 is 11.0. The summed E-state index contributed by atoms with van der Waals surface area (Å²) in [6, 6.07) is 41.1. The third-order valence-corrected chi connectivity index (χ3v) is 34.2. The smallest absolute Gasteiger partial charge is 0.468 e. The summed E-state index contributed by atoms with van der Waals surface area (Å²) in [5.74, 6) is 8.69. The van der Waals surface area contributed by atoms with Crippen LogP contribution in [0.5, 0.6) is 5.06 Å². The van der Waals surface area contributed by atoms with Crippen molar-refractivity contribution < 1.29 is 127 Å². The van der Waals surface area contributed by atoms with Crippen molar-refractivity contribution in [1.82, 2.24) is 0 Å². The Morgan fingerprint density at radius 1 is 0.389 bits per heavy atom. The molecule has 0 fully saturated rings. The van der Waals surface area contributed by atoms with E-state index in [2.05, 4.69) is 4.52 Å². The van der Waals surface area contributed by atoms with Crippen molar-refractivity contribution in [3.8, 4) is 5.06 Å². The van der Waals surface area contributed by atoms with E-state index in [1.54, 1.807) is 145 Å². The molecule has 0 atom stereocenters. The van der Waals surface area contributed by atoms with Gasteiger partial charge in [0, 0.05) is 22.1 Å². The third kappa shape index (κ3) is 24.7. The Hall–Kier alpha value is -3.44. The van der Waals surface area contributed by atoms with Crippen LogP contribution in [-0.4, -0.2) is 79.1 Å². The molecule has 39 heteroatoms. The Balaban J connectivity index is 0.000000209. The average Bonchev–Trinajstić information content (AvgIpc) is 1.82. The van der Waals surface area contributed by atoms with Crippen molar-refractivity contribution in [3.63, 3.8) is 0 Å². The van der Waals surface area contributed by atoms with Crippen LogP contribution in [0.3, 0.4) is 0 Å². The SMILES string of the molecule is Cc1ccsc1OP(O)O.O=S(=O)(c1ccc(C(SCc2ccco2)SCc2ccco2)cc1)[P+](O)(O)O.O=S(=O)(c1ccc(C(SCc2ccco2)SCc2ccco2)cc1)[P+](O)(O)O.O=S(=O)(c1ccc(C(SCc2ccco2)SCc2ccco2)cc1)[P+](O)(O)O.[Ni]. The molecule has 3 aromatic carbocycles. The zero-order valence-electron chi connectivity index (χ0n) is 48.9. The largest absolute Gasteiger partial charge is 0.532 e. The number of thioether (sulfide) groups is 6. The molecule has 7 heterocycles. The van der Waals surface area contributed by atoms with Crippen LogP contribution in [0.4, 0.5) is 0 Å². The van der Waals surface area contributed by atoms with Crippen molar-refractivity contribution in [3.05, 3.63) is 251 Å². The maximum atomic E-state index is 12.0. The van der Waals surface area contributed by atoms with Gasteiger partial charge < -0.3 is 40.8 Å². The number of rotatable bonds is 29. The Labute approximate surface area is 588 Å². The van der Waals surface area contributed by atoms with Gasteiger partial charge in [0.15, 0.2) is 5.06 Å². The molecule has 0 radical (unpaired) electrons. The van der Waals surface area contributed by atoms with Gasteiger partial charge in [-0.2, -0.15) is 69.3 Å². The predicted molar refractivity (Wildman–Crippen MR) is 371 cm³/mol. The van der Waals surface area contributed by atoms with Crippen molar-refractivity contribution in [2.45, 2.75) is 69.9 Å². The predicted octanol–water partition coefficient (Wildman–Crippen LogP) is 14.1. The number of thiophene rings is 1. The molecule has 516 valence electrons. The Kier molecular flexibility index (Phi) is 32.1. The molecule has 0 saturated carbocycles. The minimum absolute atomic E-state index is 0. The van der Waals surface area contributed by atoms with Gasteiger partial charge in [0.25, 0.3) is 0 Å². The number of aryl methyl sites for hydroxylation is 1. The van der Waals surface area contributed by atoms with E-state index in [1.807, 2.05) is 91.2 Å². The summed E-state index contributed by atoms with van der Waals surface area (Å²) in [7, 11) is -31.1. The molecule has 24 nitrogen and oxygen atoms in total. The van der Waals surface area contributed by atoms with Crippen LogP contribution in [-0.2, 0) is 79.4 Å². The van der Waals surface area contributed by atoms with Crippen molar-refractivity contribution >= 4 is 140 Å². The van der Waals surface area contributed by atoms with E-state index >= 15 is 0 Å². The molecule has 0 amide bonds. The van der Waals surface area contributed by atoms with Crippen LogP contribution in [0, 0.1) is 6.92 Å². The zero-order valence-corrected chi connectivity index (χ0v) is 61.6. The average molecular weight is 1620 g/mol. The van der Waals surface area contributed by atoms with E-state index in [9.17, 15) is 25.3 Å². The molecule has 10 rings (SSSR count). The fourth-order valence-corrected chi connectivity index (χ4v) is 22.0. The molecule has 10 aromatic rings. The second-order valence-electron chi connectivity index (χ2n) is 18.7. The van der Waals surface area contributed by atoms with Gasteiger partial charge in [-0.15, -0.1) is 81.9 Å². The number of hydrogen-bond donors (Lipinski definition) is 11. The van der Waals surface area contributed by atoms with Gasteiger partial charge in [-0.3, -0.25) is 0 Å². The van der Waals surface area contributed by atoms with Gasteiger partial charge in [0.2, 0.25) is 0 Å². The first kappa shape index (κ1) is 80.5. The van der Waals surface area contributed by atoms with Gasteiger partial charge >= 0.3 is 58.4 Å². The summed E-state index contributed by atoms with van der Waals surface area (Å²) < 4.78 is 108. The van der Waals surface area contributed by atoms with Crippen LogP contribution in [0.15, 0.2) is 236 Å². The summed E-state index contributed by atoms with van der Waals surface area (Å²) in [5.41, 5.74) is 3.44. The van der Waals surface area contributed by atoms with Crippen molar-refractivity contribution in [2.24, 2.45) is 0 Å². The van der Waals surface area contributed by atoms with E-state index in [4.69, 9.17) is 80.3 Å². The first-order chi connectivity index (χ1) is 44.5. The summed E-state index contributed by atoms with van der Waals surface area (Å²) in [6.45, 7) is 1.85. The number of furan rings is 6. The maximum absolute atomic E-state index is 12.0. The molecule has 0 unspecified atom stereocenters. The van der Waals surface area contributed by atoms with Crippen molar-refractivity contribution in [1.29, 1.82) is 0 Å². The Bertz CT molecular complexity index is 3610. The van der Waals surface area contributed by atoms with Crippen LogP contribution in [0.1, 0.15) is 70.6 Å². The topological polar surface area (TPSA) is 413 Å². The Morgan fingerprint density at radius 3 is 0.768 bits per heavy atom. The monoisotopic (exact) mass is 1620 g/mol. The third-order valence-electron chi connectivity index (χ3n) is 12.0. The fraction of sp³-hybridized carbons (Fsp3) is 0.179. The van der Waals surface area contributed by atoms with Crippen LogP contribution in [0.25, 0.3) is 0 Å². The second kappa shape index (κ2) is 37.8. The van der Waals surface area contributed by atoms with Gasteiger partial charge in [-0.25, -0.2) is 0 Å². The van der Waals surface area contributed by atoms with Gasteiger partial charge in [0.1, 0.15) is 49.2 Å². The molecule has 0 saturated heterocycles. The Morgan fingerprint density at radius 2 is 0.611 bits per heavy atom. The minimum atomic E-state index is -5.03. The van der Waals surface area contributed by atoms with Gasteiger partial charge in [0.05, 0.1) is 85.8 Å². The molecule has 95 heavy (non-hydrogen) atoms. The van der Waals surface area contributed by atoms with E-state index < -0.39 is 58.4 Å². The molecular weight excluding hydrogens is 1560 g/mol. The summed E-state index contributed by atoms with van der Waals surface area (Å²) in [4.78, 5) is 98.3. The van der Waals surface area contributed by atoms with Crippen LogP contribution >= 0.6 is 112 Å². The van der Waals surface area contributed by atoms with E-state index in [0.717, 1.165) is 56.8 Å². The molecule has 0 aliphatic carbocycles. The first-order valence-electron chi connectivity index (χ1n) is 26.5. The molecular formula is C56H61NiO24P4S10+3. The van der Waals surface area contributed by atoms with Crippen molar-refractivity contribution in [2.75, 3.05) is 0 Å². The minimum Gasteiger partial charge on any atom is -0.468 e. The molecule has 0 aliphatic heterocycles. The van der Waals surface area contributed by atoms with Crippen LogP contribution < -0.4 is 4.52 Å². The summed E-state index contributed by atoms with van der Waals surface area (Å²) in [5, 5.41) is 2.42. The normalized spacial score (nSPS) is 12.2. The van der Waals surface area contributed by atoms with E-state index in [0.29, 0.717) is 39.6 Å². The molecule has 0 spiro atoms. The van der Waals surface area contributed by atoms with Gasteiger partial charge in [-0.1, -0.05) is 36.4 Å². The molecule has 0 bridgehead atoms. The molecule has 7 aromatic heterocycles. The quantitative estimate of drug-likeness (QED) is 0.0118. The van der Waals surface area contributed by atoms with Crippen LogP contribution in [0.2, 0.25) is 0 Å². The standard InChI is InChI=1S/3C17H18O7PS3.C5H7O3PS.Ni/c3*18-25(19,20)28(21,22)16-7-5-13(6-8-16)17(26-11-14-3-1-9-23-14)27-12-15-4-2-10-24-15;1-4-2-3-10-5(4)8-9(6)7;/h3*1-10,17-20H,11-12H2;2-3,6-7H,1H3;/q3*+1;;. The maximum Gasteiger partial charge on any atom is 0.532 e. The fourth-order valence-electron chi connectivity index (χ4n) is 7.38. The van der Waals surface area contributed by atoms with E-state index in [1.165, 1.54) is 47.7 Å². The molecule has 0 aliphatic rings. The first-order valence-corrected chi connectivity index (χ1v) is 46.1. The molecule has 11 N–H and O–H groups in total. The zero-order chi connectivity index (χ0) is 68.2. The number of hydrogen-bond acceptors (Lipinski definition) is 31. The van der Waals surface area contributed by atoms with Gasteiger partial charge in [-0.05, 0) is 144 Å². The number of benzene rings is 3. The second-order valence-corrected chi connectivity index (χ2v) is 43.8. The summed E-state index contributed by atoms with van der Waals surface area (Å²) in [6.07, 6.45) is 9.63.